The number of aryl methyl sites for hydroxylation is 1. The van der Waals surface area contributed by atoms with Crippen molar-refractivity contribution in [1.29, 1.82) is 0 Å². The van der Waals surface area contributed by atoms with Crippen LogP contribution in [-0.4, -0.2) is 39.0 Å². The summed E-state index contributed by atoms with van der Waals surface area (Å²) < 4.78 is 1.72. The van der Waals surface area contributed by atoms with Gasteiger partial charge >= 0.3 is 5.69 Å². The Balaban J connectivity index is 2.53. The minimum Gasteiger partial charge on any atom is -0.395 e. The number of aliphatic hydroxyl groups excluding tert-OH is 1. The lowest BCUT2D eigenvalue weighted by molar-refractivity contribution is -0.384. The Kier molecular flexibility index (Phi) is 4.82. The van der Waals surface area contributed by atoms with Gasteiger partial charge in [-0.15, -0.1) is 0 Å². The molecule has 0 radical (unpaired) electrons. The van der Waals surface area contributed by atoms with Crippen LogP contribution in [0.5, 0.6) is 0 Å². The van der Waals surface area contributed by atoms with E-state index < -0.39 is 0 Å². The molecule has 0 aromatic carbocycles. The lowest BCUT2D eigenvalue weighted by atomic mass is 10.2. The van der Waals surface area contributed by atoms with Gasteiger partial charge in [0, 0.05) is 18.6 Å². The van der Waals surface area contributed by atoms with Crippen LogP contribution >= 0.6 is 0 Å². The smallest absolute Gasteiger partial charge is 0.333 e. The van der Waals surface area contributed by atoms with Crippen molar-refractivity contribution < 1.29 is 10.0 Å². The molecule has 1 fully saturated rings. The van der Waals surface area contributed by atoms with Crippen molar-refractivity contribution in [2.75, 3.05) is 18.1 Å². The molecule has 7 nitrogen and oxygen atoms in total. The summed E-state index contributed by atoms with van der Waals surface area (Å²) in [5, 5.41) is 25.2. The molecule has 1 aromatic rings. The minimum absolute atomic E-state index is 0.0179. The Morgan fingerprint density at radius 3 is 2.57 bits per heavy atom. The topological polar surface area (TPSA) is 84.4 Å². The second-order valence-corrected chi connectivity index (χ2v) is 5.91. The number of anilines is 1. The van der Waals surface area contributed by atoms with Crippen LogP contribution in [0.4, 0.5) is 11.5 Å². The quantitative estimate of drug-likeness (QED) is 0.643. The average molecular weight is 296 g/mol. The summed E-state index contributed by atoms with van der Waals surface area (Å²) in [5.74, 6) is 0.549. The summed E-state index contributed by atoms with van der Waals surface area (Å²) in [4.78, 5) is 13.1. The van der Waals surface area contributed by atoms with Crippen molar-refractivity contribution in [1.82, 2.24) is 9.78 Å². The number of nitrogens with zero attached hydrogens (tertiary/aromatic N) is 4. The molecule has 0 aliphatic heterocycles. The van der Waals surface area contributed by atoms with Crippen LogP contribution < -0.4 is 4.90 Å². The maximum atomic E-state index is 11.5. The fourth-order valence-corrected chi connectivity index (χ4v) is 3.15. The average Bonchev–Trinajstić information content (AvgIpc) is 3.03. The Bertz CT molecular complexity index is 507. The maximum absolute atomic E-state index is 11.5. The molecular weight excluding hydrogens is 272 g/mol. The molecule has 1 aliphatic carbocycles. The maximum Gasteiger partial charge on any atom is 0.333 e. The van der Waals surface area contributed by atoms with Gasteiger partial charge in [-0.1, -0.05) is 12.8 Å². The normalized spacial score (nSPS) is 15.9. The van der Waals surface area contributed by atoms with Crippen LogP contribution in [-0.2, 0) is 0 Å². The number of aliphatic hydroxyl groups is 1. The third-order valence-electron chi connectivity index (χ3n) is 4.08. The Morgan fingerprint density at radius 2 is 2.10 bits per heavy atom. The van der Waals surface area contributed by atoms with E-state index in [1.807, 2.05) is 18.7 Å². The molecule has 0 bridgehead atoms. The van der Waals surface area contributed by atoms with Gasteiger partial charge in [0.25, 0.3) is 0 Å². The predicted octanol–water partition coefficient (Wildman–Crippen LogP) is 2.42. The van der Waals surface area contributed by atoms with Crippen molar-refractivity contribution >= 4 is 11.5 Å². The highest BCUT2D eigenvalue weighted by atomic mass is 16.6. The molecule has 1 heterocycles. The first-order valence-electron chi connectivity index (χ1n) is 7.58. The summed E-state index contributed by atoms with van der Waals surface area (Å²) in [6, 6.07) is 0.291. The van der Waals surface area contributed by atoms with Gasteiger partial charge in [-0.25, -0.2) is 4.68 Å². The first-order chi connectivity index (χ1) is 9.97. The Morgan fingerprint density at radius 1 is 1.48 bits per heavy atom. The highest BCUT2D eigenvalue weighted by molar-refractivity contribution is 5.62. The van der Waals surface area contributed by atoms with Crippen molar-refractivity contribution in [3.63, 3.8) is 0 Å². The molecule has 2 rings (SSSR count). The third-order valence-corrected chi connectivity index (χ3v) is 4.08. The molecule has 0 unspecified atom stereocenters. The monoisotopic (exact) mass is 296 g/mol. The van der Waals surface area contributed by atoms with Gasteiger partial charge in [0.2, 0.25) is 5.82 Å². The van der Waals surface area contributed by atoms with Crippen LogP contribution in [0.15, 0.2) is 0 Å². The van der Waals surface area contributed by atoms with Crippen LogP contribution in [0.25, 0.3) is 0 Å². The molecule has 7 heteroatoms. The second-order valence-electron chi connectivity index (χ2n) is 5.91. The van der Waals surface area contributed by atoms with Gasteiger partial charge in [0.05, 0.1) is 11.5 Å². The first kappa shape index (κ1) is 15.8. The van der Waals surface area contributed by atoms with Crippen molar-refractivity contribution in [3.05, 3.63) is 15.8 Å². The fourth-order valence-electron chi connectivity index (χ4n) is 3.15. The lowest BCUT2D eigenvalue weighted by Gasteiger charge is -2.30. The standard InChI is InChI=1S/C14H24N4O3/c1-10(2)17-14(13(18(20)21)11(3)15-17)16(8-9-19)12-6-4-5-7-12/h10,12,19H,4-9H2,1-3H3. The number of rotatable bonds is 6. The van der Waals surface area contributed by atoms with E-state index in [-0.39, 0.29) is 29.3 Å². The van der Waals surface area contributed by atoms with Crippen molar-refractivity contribution in [2.24, 2.45) is 0 Å². The molecular formula is C14H24N4O3. The van der Waals surface area contributed by atoms with Crippen LogP contribution in [0.2, 0.25) is 0 Å². The van der Waals surface area contributed by atoms with Crippen molar-refractivity contribution in [2.45, 2.75) is 58.5 Å². The van der Waals surface area contributed by atoms with Gasteiger partial charge in [-0.3, -0.25) is 10.1 Å². The Labute approximate surface area is 124 Å². The zero-order valence-electron chi connectivity index (χ0n) is 12.9. The summed E-state index contributed by atoms with van der Waals surface area (Å²) in [6.07, 6.45) is 4.29. The van der Waals surface area contributed by atoms with Crippen molar-refractivity contribution in [3.8, 4) is 0 Å². The molecule has 1 saturated carbocycles. The summed E-state index contributed by atoms with van der Waals surface area (Å²) in [6.45, 7) is 5.99. The number of hydrogen-bond acceptors (Lipinski definition) is 5. The largest absolute Gasteiger partial charge is 0.395 e. The number of aromatic nitrogens is 2. The number of nitro groups is 1. The summed E-state index contributed by atoms with van der Waals surface area (Å²) in [7, 11) is 0. The molecule has 21 heavy (non-hydrogen) atoms. The van der Waals surface area contributed by atoms with E-state index in [4.69, 9.17) is 0 Å². The lowest BCUT2D eigenvalue weighted by Crippen LogP contribution is -2.38. The molecule has 1 aromatic heterocycles. The van der Waals surface area contributed by atoms with E-state index in [0.717, 1.165) is 25.7 Å². The molecule has 0 spiro atoms. The van der Waals surface area contributed by atoms with E-state index in [1.54, 1.807) is 11.6 Å². The van der Waals surface area contributed by atoms with Gasteiger partial charge in [-0.05, 0) is 33.6 Å². The second kappa shape index (κ2) is 6.43. The number of hydrogen-bond donors (Lipinski definition) is 1. The van der Waals surface area contributed by atoms with Crippen LogP contribution in [0, 0.1) is 17.0 Å². The SMILES string of the molecule is Cc1nn(C(C)C)c(N(CCO)C2CCCC2)c1[N+](=O)[O-]. The summed E-state index contributed by atoms with van der Waals surface area (Å²) >= 11 is 0. The van der Waals surface area contributed by atoms with Crippen LogP contribution in [0.1, 0.15) is 51.3 Å². The summed E-state index contributed by atoms with van der Waals surface area (Å²) in [5.41, 5.74) is 0.508. The first-order valence-corrected chi connectivity index (χ1v) is 7.58. The third kappa shape index (κ3) is 3.02. The zero-order chi connectivity index (χ0) is 15.6. The van der Waals surface area contributed by atoms with Gasteiger partial charge in [-0.2, -0.15) is 5.10 Å². The minimum atomic E-state index is -0.351. The van der Waals surface area contributed by atoms with E-state index in [9.17, 15) is 15.2 Å². The molecule has 118 valence electrons. The molecule has 0 saturated heterocycles. The molecule has 1 N–H and O–H groups in total. The zero-order valence-corrected chi connectivity index (χ0v) is 12.9. The van der Waals surface area contributed by atoms with E-state index in [2.05, 4.69) is 5.10 Å². The van der Waals surface area contributed by atoms with E-state index in [0.29, 0.717) is 18.1 Å². The highest BCUT2D eigenvalue weighted by Gasteiger charge is 2.34. The van der Waals surface area contributed by atoms with Gasteiger partial charge in [0.15, 0.2) is 0 Å². The van der Waals surface area contributed by atoms with E-state index >= 15 is 0 Å². The van der Waals surface area contributed by atoms with Crippen LogP contribution in [0.3, 0.4) is 0 Å². The predicted molar refractivity (Wildman–Crippen MR) is 80.7 cm³/mol. The van der Waals surface area contributed by atoms with Gasteiger partial charge < -0.3 is 10.0 Å². The van der Waals surface area contributed by atoms with E-state index in [1.165, 1.54) is 0 Å². The fraction of sp³-hybridized carbons (Fsp3) is 0.786. The Hall–Kier alpha value is -1.63. The van der Waals surface area contributed by atoms with Gasteiger partial charge in [0.1, 0.15) is 5.69 Å². The molecule has 0 amide bonds. The molecule has 0 atom stereocenters. The molecule has 1 aliphatic rings. The highest BCUT2D eigenvalue weighted by Crippen LogP contribution is 2.37.